The summed E-state index contributed by atoms with van der Waals surface area (Å²) < 4.78 is 0. The molecule has 0 spiro atoms. The number of carboxylic acids is 1. The van der Waals surface area contributed by atoms with Gasteiger partial charge in [0, 0.05) is 18.5 Å². The molecule has 1 atom stereocenters. The van der Waals surface area contributed by atoms with E-state index in [0.717, 1.165) is 11.3 Å². The normalized spacial score (nSPS) is 18.3. The summed E-state index contributed by atoms with van der Waals surface area (Å²) in [6.07, 6.45) is 4.14. The van der Waals surface area contributed by atoms with Crippen LogP contribution in [0.4, 0.5) is 0 Å². The van der Waals surface area contributed by atoms with Crippen molar-refractivity contribution in [1.82, 2.24) is 5.01 Å². The number of carbonyl (C=O) groups is 1. The van der Waals surface area contributed by atoms with E-state index in [1.54, 1.807) is 5.01 Å². The molecule has 0 aliphatic carbocycles. The van der Waals surface area contributed by atoms with Crippen molar-refractivity contribution < 1.29 is 9.90 Å². The minimum Gasteiger partial charge on any atom is -0.481 e. The molecule has 2 rings (SSSR count). The molecule has 1 heterocycles. The first kappa shape index (κ1) is 13.3. The number of rotatable bonds is 5. The Hall–Kier alpha value is -2.14. The highest BCUT2D eigenvalue weighted by molar-refractivity contribution is 6.08. The molecule has 0 bridgehead atoms. The molecule has 3 N–H and O–H groups in total. The first-order valence-electron chi connectivity index (χ1n) is 6.23. The predicted molar refractivity (Wildman–Crippen MR) is 73.7 cm³/mol. The van der Waals surface area contributed by atoms with Gasteiger partial charge >= 0.3 is 5.97 Å². The zero-order chi connectivity index (χ0) is 13.7. The first-order chi connectivity index (χ1) is 9.16. The fourth-order valence-electron chi connectivity index (χ4n) is 1.88. The SMILES string of the molecule is NC1C=CC(c2ccccc2)=NN1CCCC(=O)O. The van der Waals surface area contributed by atoms with Crippen molar-refractivity contribution in [2.24, 2.45) is 10.8 Å². The van der Waals surface area contributed by atoms with Crippen LogP contribution in [0, 0.1) is 0 Å². The third-order valence-corrected chi connectivity index (χ3v) is 2.88. The molecule has 0 amide bonds. The minimum absolute atomic E-state index is 0.128. The first-order valence-corrected chi connectivity index (χ1v) is 6.23. The highest BCUT2D eigenvalue weighted by atomic mass is 16.4. The molecule has 100 valence electrons. The van der Waals surface area contributed by atoms with Crippen LogP contribution in [-0.2, 0) is 4.79 Å². The number of hydrogen-bond donors (Lipinski definition) is 2. The number of allylic oxidation sites excluding steroid dienone is 1. The van der Waals surface area contributed by atoms with E-state index in [4.69, 9.17) is 10.8 Å². The lowest BCUT2D eigenvalue weighted by molar-refractivity contribution is -0.137. The van der Waals surface area contributed by atoms with Gasteiger partial charge in [0.05, 0.1) is 5.71 Å². The van der Waals surface area contributed by atoms with E-state index in [1.807, 2.05) is 42.5 Å². The summed E-state index contributed by atoms with van der Waals surface area (Å²) in [6, 6.07) is 9.82. The van der Waals surface area contributed by atoms with E-state index in [9.17, 15) is 4.79 Å². The van der Waals surface area contributed by atoms with Gasteiger partial charge in [-0.1, -0.05) is 30.3 Å². The van der Waals surface area contributed by atoms with Gasteiger partial charge in [0.2, 0.25) is 0 Å². The largest absolute Gasteiger partial charge is 0.481 e. The van der Waals surface area contributed by atoms with E-state index in [1.165, 1.54) is 0 Å². The summed E-state index contributed by atoms with van der Waals surface area (Å²) in [7, 11) is 0. The van der Waals surface area contributed by atoms with E-state index in [2.05, 4.69) is 5.10 Å². The molecule has 0 saturated carbocycles. The van der Waals surface area contributed by atoms with Crippen LogP contribution in [0.25, 0.3) is 0 Å². The number of carboxylic acid groups (broad SMARTS) is 1. The van der Waals surface area contributed by atoms with Gasteiger partial charge in [-0.25, -0.2) is 0 Å². The average molecular weight is 259 g/mol. The number of nitrogens with two attached hydrogens (primary N) is 1. The lowest BCUT2D eigenvalue weighted by Crippen LogP contribution is -2.40. The molecule has 1 aromatic carbocycles. The van der Waals surface area contributed by atoms with Gasteiger partial charge in [-0.3, -0.25) is 9.80 Å². The summed E-state index contributed by atoms with van der Waals surface area (Å²) in [4.78, 5) is 10.5. The summed E-state index contributed by atoms with van der Waals surface area (Å²) >= 11 is 0. The molecule has 1 unspecified atom stereocenters. The smallest absolute Gasteiger partial charge is 0.303 e. The Balaban J connectivity index is 2.05. The van der Waals surface area contributed by atoms with Crippen molar-refractivity contribution in [1.29, 1.82) is 0 Å². The molecule has 0 aromatic heterocycles. The Bertz CT molecular complexity index is 497. The highest BCUT2D eigenvalue weighted by Crippen LogP contribution is 2.12. The molecule has 1 aromatic rings. The van der Waals surface area contributed by atoms with Crippen LogP contribution in [-0.4, -0.2) is 34.5 Å². The molecule has 1 aliphatic rings. The van der Waals surface area contributed by atoms with Gasteiger partial charge in [-0.05, 0) is 18.6 Å². The van der Waals surface area contributed by atoms with Gasteiger partial charge in [-0.15, -0.1) is 0 Å². The lowest BCUT2D eigenvalue weighted by Gasteiger charge is -2.27. The van der Waals surface area contributed by atoms with Crippen LogP contribution in [0.5, 0.6) is 0 Å². The molecular weight excluding hydrogens is 242 g/mol. The molecule has 1 aliphatic heterocycles. The van der Waals surface area contributed by atoms with Crippen molar-refractivity contribution in [3.05, 3.63) is 48.0 Å². The van der Waals surface area contributed by atoms with Crippen molar-refractivity contribution in [3.8, 4) is 0 Å². The fourth-order valence-corrected chi connectivity index (χ4v) is 1.88. The molecule has 0 radical (unpaired) electrons. The van der Waals surface area contributed by atoms with E-state index in [-0.39, 0.29) is 12.6 Å². The second-order valence-electron chi connectivity index (χ2n) is 4.36. The van der Waals surface area contributed by atoms with E-state index in [0.29, 0.717) is 13.0 Å². The molecule has 19 heavy (non-hydrogen) atoms. The lowest BCUT2D eigenvalue weighted by atomic mass is 10.1. The fraction of sp³-hybridized carbons (Fsp3) is 0.286. The van der Waals surface area contributed by atoms with E-state index < -0.39 is 5.97 Å². The third kappa shape index (κ3) is 3.66. The zero-order valence-corrected chi connectivity index (χ0v) is 10.6. The Morgan fingerprint density at radius 2 is 2.11 bits per heavy atom. The van der Waals surface area contributed by atoms with Crippen LogP contribution in [0.2, 0.25) is 0 Å². The topological polar surface area (TPSA) is 78.9 Å². The molecule has 5 heteroatoms. The van der Waals surface area contributed by atoms with Crippen molar-refractivity contribution in [2.75, 3.05) is 6.54 Å². The molecule has 5 nitrogen and oxygen atoms in total. The zero-order valence-electron chi connectivity index (χ0n) is 10.6. The van der Waals surface area contributed by atoms with Gasteiger partial charge < -0.3 is 10.8 Å². The average Bonchev–Trinajstić information content (AvgIpc) is 2.41. The number of benzene rings is 1. The maximum atomic E-state index is 10.5. The third-order valence-electron chi connectivity index (χ3n) is 2.88. The highest BCUT2D eigenvalue weighted by Gasteiger charge is 2.15. The summed E-state index contributed by atoms with van der Waals surface area (Å²) in [5.41, 5.74) is 7.79. The number of hydrogen-bond acceptors (Lipinski definition) is 4. The van der Waals surface area contributed by atoms with Gasteiger partial charge in [0.15, 0.2) is 0 Å². The predicted octanol–water partition coefficient (Wildman–Crippen LogP) is 1.41. The maximum absolute atomic E-state index is 10.5. The van der Waals surface area contributed by atoms with Crippen LogP contribution in [0.1, 0.15) is 18.4 Å². The van der Waals surface area contributed by atoms with Crippen molar-refractivity contribution in [3.63, 3.8) is 0 Å². The Morgan fingerprint density at radius 3 is 2.79 bits per heavy atom. The quantitative estimate of drug-likeness (QED) is 0.838. The number of aliphatic carboxylic acids is 1. The Morgan fingerprint density at radius 1 is 1.37 bits per heavy atom. The number of hydrazone groups is 1. The van der Waals surface area contributed by atoms with Crippen molar-refractivity contribution >= 4 is 11.7 Å². The van der Waals surface area contributed by atoms with E-state index >= 15 is 0 Å². The summed E-state index contributed by atoms with van der Waals surface area (Å²) in [6.45, 7) is 0.536. The summed E-state index contributed by atoms with van der Waals surface area (Å²) in [5.74, 6) is -0.798. The number of nitrogens with zero attached hydrogens (tertiary/aromatic N) is 2. The van der Waals surface area contributed by atoms with Crippen LogP contribution >= 0.6 is 0 Å². The van der Waals surface area contributed by atoms with Gasteiger partial charge in [-0.2, -0.15) is 5.10 Å². The minimum atomic E-state index is -0.798. The molecule has 0 saturated heterocycles. The second-order valence-corrected chi connectivity index (χ2v) is 4.36. The Kier molecular flexibility index (Phi) is 4.30. The molecule has 0 fully saturated rings. The Labute approximate surface area is 112 Å². The van der Waals surface area contributed by atoms with Gasteiger partial charge in [0.1, 0.15) is 6.17 Å². The monoisotopic (exact) mass is 259 g/mol. The van der Waals surface area contributed by atoms with Gasteiger partial charge in [0.25, 0.3) is 0 Å². The van der Waals surface area contributed by atoms with Crippen molar-refractivity contribution in [2.45, 2.75) is 19.0 Å². The van der Waals surface area contributed by atoms with Crippen LogP contribution in [0.3, 0.4) is 0 Å². The van der Waals surface area contributed by atoms with Crippen LogP contribution in [0.15, 0.2) is 47.6 Å². The summed E-state index contributed by atoms with van der Waals surface area (Å²) in [5, 5.41) is 14.8. The second kappa shape index (κ2) is 6.15. The maximum Gasteiger partial charge on any atom is 0.303 e. The molecular formula is C14H17N3O2. The standard InChI is InChI=1S/C14H17N3O2/c15-13-9-8-12(11-5-2-1-3-6-11)16-17(13)10-4-7-14(18)19/h1-3,5-6,8-9,13H,4,7,10,15H2,(H,18,19). The van der Waals surface area contributed by atoms with Crippen LogP contribution < -0.4 is 5.73 Å².